The molecule has 0 aliphatic carbocycles. The zero-order valence-electron chi connectivity index (χ0n) is 15.2. The molecule has 0 unspecified atom stereocenters. The Bertz CT molecular complexity index is 968. The lowest BCUT2D eigenvalue weighted by Gasteiger charge is -2.10. The highest BCUT2D eigenvalue weighted by atomic mass is 35.5. The van der Waals surface area contributed by atoms with E-state index in [4.69, 9.17) is 25.5 Å². The Kier molecular flexibility index (Phi) is 6.70. The predicted molar refractivity (Wildman–Crippen MR) is 108 cm³/mol. The highest BCUT2D eigenvalue weighted by molar-refractivity contribution is 6.33. The van der Waals surface area contributed by atoms with Crippen LogP contribution in [0.5, 0.6) is 11.5 Å². The third kappa shape index (κ3) is 5.14. The molecule has 0 bridgehead atoms. The van der Waals surface area contributed by atoms with Crippen LogP contribution in [0.4, 0.5) is 0 Å². The molecule has 0 saturated heterocycles. The first-order chi connectivity index (χ1) is 13.7. The second kappa shape index (κ2) is 9.62. The number of carbonyl (C=O) groups is 1. The molecule has 0 saturated carbocycles. The Morgan fingerprint density at radius 3 is 2.54 bits per heavy atom. The van der Waals surface area contributed by atoms with Gasteiger partial charge in [-0.05, 0) is 43.3 Å². The molecule has 28 heavy (non-hydrogen) atoms. The topological polar surface area (TPSA) is 73.1 Å². The average Bonchev–Trinajstić information content (AvgIpc) is 3.16. The fourth-order valence-electron chi connectivity index (χ4n) is 2.42. The lowest BCUT2D eigenvalue weighted by molar-refractivity contribution is -0.123. The summed E-state index contributed by atoms with van der Waals surface area (Å²) in [5, 5.41) is 4.47. The number of ether oxygens (including phenoxy) is 2. The molecule has 7 heteroatoms. The number of amides is 1. The smallest absolute Gasteiger partial charge is 0.277 e. The number of para-hydroxylation sites is 2. The minimum atomic E-state index is -0.402. The summed E-state index contributed by atoms with van der Waals surface area (Å²) in [6.07, 6.45) is 1.41. The van der Waals surface area contributed by atoms with E-state index in [0.29, 0.717) is 34.6 Å². The predicted octanol–water partition coefficient (Wildman–Crippen LogP) is 4.53. The standard InChI is InChI=1S/C21H19ClN2O4/c1-2-26-19-9-5-6-10-20(19)27-14-21(25)24-23-13-15-11-12-18(28-15)16-7-3-4-8-17(16)22/h3-13H,2,14H2,1H3,(H,24,25)/b23-13+. The number of hydrogen-bond donors (Lipinski definition) is 1. The van der Waals surface area contributed by atoms with E-state index in [1.165, 1.54) is 6.21 Å². The summed E-state index contributed by atoms with van der Waals surface area (Å²) >= 11 is 6.16. The van der Waals surface area contributed by atoms with Crippen molar-refractivity contribution < 1.29 is 18.7 Å². The molecule has 0 spiro atoms. The van der Waals surface area contributed by atoms with E-state index in [9.17, 15) is 4.79 Å². The molecular formula is C21H19ClN2O4. The lowest BCUT2D eigenvalue weighted by Crippen LogP contribution is -2.24. The van der Waals surface area contributed by atoms with Gasteiger partial charge in [-0.15, -0.1) is 0 Å². The van der Waals surface area contributed by atoms with Gasteiger partial charge in [-0.25, -0.2) is 5.43 Å². The van der Waals surface area contributed by atoms with Crippen LogP contribution in [0.25, 0.3) is 11.3 Å². The average molecular weight is 399 g/mol. The van der Waals surface area contributed by atoms with Gasteiger partial charge in [-0.3, -0.25) is 4.79 Å². The maximum atomic E-state index is 11.9. The number of carbonyl (C=O) groups excluding carboxylic acids is 1. The third-order valence-electron chi connectivity index (χ3n) is 3.65. The molecule has 144 valence electrons. The molecule has 6 nitrogen and oxygen atoms in total. The van der Waals surface area contributed by atoms with E-state index < -0.39 is 5.91 Å². The Morgan fingerprint density at radius 1 is 1.07 bits per heavy atom. The largest absolute Gasteiger partial charge is 0.490 e. The van der Waals surface area contributed by atoms with Crippen molar-refractivity contribution in [1.29, 1.82) is 0 Å². The van der Waals surface area contributed by atoms with Gasteiger partial charge in [0.15, 0.2) is 18.1 Å². The van der Waals surface area contributed by atoms with Crippen molar-refractivity contribution in [3.05, 3.63) is 71.4 Å². The summed E-state index contributed by atoms with van der Waals surface area (Å²) in [6.45, 7) is 2.20. The number of benzene rings is 2. The number of hydrogen-bond acceptors (Lipinski definition) is 5. The first-order valence-electron chi connectivity index (χ1n) is 8.68. The molecule has 1 amide bonds. The van der Waals surface area contributed by atoms with Crippen molar-refractivity contribution in [2.24, 2.45) is 5.10 Å². The molecule has 0 atom stereocenters. The number of rotatable bonds is 8. The van der Waals surface area contributed by atoms with Gasteiger partial charge in [0.25, 0.3) is 5.91 Å². The third-order valence-corrected chi connectivity index (χ3v) is 3.98. The van der Waals surface area contributed by atoms with Crippen molar-refractivity contribution >= 4 is 23.7 Å². The van der Waals surface area contributed by atoms with Gasteiger partial charge in [-0.2, -0.15) is 5.10 Å². The van der Waals surface area contributed by atoms with E-state index in [0.717, 1.165) is 5.56 Å². The molecule has 3 aromatic rings. The fraction of sp³-hybridized carbons (Fsp3) is 0.143. The molecule has 2 aromatic carbocycles. The van der Waals surface area contributed by atoms with Crippen LogP contribution in [-0.4, -0.2) is 25.3 Å². The molecule has 0 aliphatic heterocycles. The van der Waals surface area contributed by atoms with E-state index in [1.807, 2.05) is 31.2 Å². The van der Waals surface area contributed by atoms with E-state index >= 15 is 0 Å². The van der Waals surface area contributed by atoms with Crippen molar-refractivity contribution in [1.82, 2.24) is 5.43 Å². The number of halogens is 1. The second-order valence-corrected chi connectivity index (χ2v) is 6.05. The molecule has 0 aliphatic rings. The Hall–Kier alpha value is -3.25. The summed E-state index contributed by atoms with van der Waals surface area (Å²) in [7, 11) is 0. The number of furan rings is 1. The van der Waals surface area contributed by atoms with Crippen molar-refractivity contribution in [2.75, 3.05) is 13.2 Å². The lowest BCUT2D eigenvalue weighted by atomic mass is 10.2. The molecule has 0 radical (unpaired) electrons. The van der Waals surface area contributed by atoms with Crippen LogP contribution in [0, 0.1) is 0 Å². The van der Waals surface area contributed by atoms with Crippen LogP contribution in [-0.2, 0) is 4.79 Å². The van der Waals surface area contributed by atoms with Crippen LogP contribution in [0.1, 0.15) is 12.7 Å². The van der Waals surface area contributed by atoms with E-state index in [2.05, 4.69) is 10.5 Å². The Labute approximate surface area is 167 Å². The Morgan fingerprint density at radius 2 is 1.79 bits per heavy atom. The van der Waals surface area contributed by atoms with Gasteiger partial charge < -0.3 is 13.9 Å². The molecule has 3 rings (SSSR count). The van der Waals surface area contributed by atoms with E-state index in [-0.39, 0.29) is 6.61 Å². The van der Waals surface area contributed by atoms with E-state index in [1.54, 1.807) is 36.4 Å². The molecule has 1 N–H and O–H groups in total. The van der Waals surface area contributed by atoms with Gasteiger partial charge in [-0.1, -0.05) is 35.9 Å². The fourth-order valence-corrected chi connectivity index (χ4v) is 2.64. The first kappa shape index (κ1) is 19.5. The minimum Gasteiger partial charge on any atom is -0.490 e. The zero-order chi connectivity index (χ0) is 19.8. The van der Waals surface area contributed by atoms with Gasteiger partial charge in [0.2, 0.25) is 0 Å². The van der Waals surface area contributed by atoms with Crippen LogP contribution >= 0.6 is 11.6 Å². The van der Waals surface area contributed by atoms with Gasteiger partial charge >= 0.3 is 0 Å². The molecule has 1 aromatic heterocycles. The van der Waals surface area contributed by atoms with Gasteiger partial charge in [0.05, 0.1) is 17.8 Å². The number of nitrogens with one attached hydrogen (secondary N) is 1. The first-order valence-corrected chi connectivity index (χ1v) is 9.06. The minimum absolute atomic E-state index is 0.190. The second-order valence-electron chi connectivity index (χ2n) is 5.64. The normalized spacial score (nSPS) is 10.8. The molecular weight excluding hydrogens is 380 g/mol. The SMILES string of the molecule is CCOc1ccccc1OCC(=O)N/N=C/c1ccc(-c2ccccc2Cl)o1. The number of nitrogens with zero attached hydrogens (tertiary/aromatic N) is 1. The van der Waals surface area contributed by atoms with Crippen LogP contribution in [0.15, 0.2) is 70.2 Å². The molecule has 1 heterocycles. The highest BCUT2D eigenvalue weighted by Gasteiger charge is 2.08. The Balaban J connectivity index is 1.53. The monoisotopic (exact) mass is 398 g/mol. The van der Waals surface area contributed by atoms with Crippen LogP contribution in [0.3, 0.4) is 0 Å². The van der Waals surface area contributed by atoms with Gasteiger partial charge in [0.1, 0.15) is 11.5 Å². The van der Waals surface area contributed by atoms with Crippen molar-refractivity contribution in [2.45, 2.75) is 6.92 Å². The maximum absolute atomic E-state index is 11.9. The van der Waals surface area contributed by atoms with Crippen LogP contribution in [0.2, 0.25) is 5.02 Å². The van der Waals surface area contributed by atoms with Crippen LogP contribution < -0.4 is 14.9 Å². The highest BCUT2D eigenvalue weighted by Crippen LogP contribution is 2.28. The summed E-state index contributed by atoms with van der Waals surface area (Å²) in [6, 6.07) is 18.1. The summed E-state index contributed by atoms with van der Waals surface area (Å²) in [4.78, 5) is 11.9. The van der Waals surface area contributed by atoms with Crippen molar-refractivity contribution in [3.63, 3.8) is 0 Å². The maximum Gasteiger partial charge on any atom is 0.277 e. The molecule has 0 fully saturated rings. The quantitative estimate of drug-likeness (QED) is 0.447. The summed E-state index contributed by atoms with van der Waals surface area (Å²) < 4.78 is 16.6. The number of hydrazone groups is 1. The van der Waals surface area contributed by atoms with Crippen molar-refractivity contribution in [3.8, 4) is 22.8 Å². The van der Waals surface area contributed by atoms with Gasteiger partial charge in [0, 0.05) is 5.56 Å². The summed E-state index contributed by atoms with van der Waals surface area (Å²) in [5.41, 5.74) is 3.18. The summed E-state index contributed by atoms with van der Waals surface area (Å²) in [5.74, 6) is 1.79. The zero-order valence-corrected chi connectivity index (χ0v) is 16.0.